The zero-order valence-corrected chi connectivity index (χ0v) is 9.92. The van der Waals surface area contributed by atoms with Crippen molar-refractivity contribution in [3.05, 3.63) is 47.4 Å². The van der Waals surface area contributed by atoms with Gasteiger partial charge in [0.25, 0.3) is 0 Å². The van der Waals surface area contributed by atoms with Crippen LogP contribution in [0.25, 0.3) is 11.1 Å². The van der Waals surface area contributed by atoms with Gasteiger partial charge in [-0.05, 0) is 30.3 Å². The predicted octanol–water partition coefficient (Wildman–Crippen LogP) is 3.71. The third-order valence-corrected chi connectivity index (χ3v) is 2.65. The van der Waals surface area contributed by atoms with E-state index in [9.17, 15) is 0 Å². The molecular weight excluding hydrogens is 222 g/mol. The molecule has 0 amide bonds. The molecule has 0 aliphatic heterocycles. The van der Waals surface area contributed by atoms with Crippen LogP contribution < -0.4 is 5.32 Å². The number of nitrogens with one attached hydrogen (secondary N) is 1. The highest BCUT2D eigenvalue weighted by Crippen LogP contribution is 2.26. The minimum atomic E-state index is 0.741. The van der Waals surface area contributed by atoms with E-state index in [1.165, 1.54) is 0 Å². The Balaban J connectivity index is 2.29. The molecule has 2 nitrogen and oxygen atoms in total. The molecule has 0 unspecified atom stereocenters. The molecule has 1 N–H and O–H groups in total. The number of halogens is 1. The van der Waals surface area contributed by atoms with Crippen molar-refractivity contribution in [1.29, 1.82) is 0 Å². The van der Waals surface area contributed by atoms with Gasteiger partial charge in [-0.25, -0.2) is 0 Å². The fourth-order valence-electron chi connectivity index (χ4n) is 1.63. The molecule has 2 rings (SSSR count). The third-order valence-electron chi connectivity index (χ3n) is 2.42. The second-order valence-electron chi connectivity index (χ2n) is 3.55. The van der Waals surface area contributed by atoms with Gasteiger partial charge in [-0.15, -0.1) is 0 Å². The second-order valence-corrected chi connectivity index (χ2v) is 3.98. The summed E-state index contributed by atoms with van der Waals surface area (Å²) in [6.07, 6.45) is 1.71. The summed E-state index contributed by atoms with van der Waals surface area (Å²) < 4.78 is 5.46. The van der Waals surface area contributed by atoms with Crippen molar-refractivity contribution in [3.8, 4) is 11.1 Å². The maximum absolute atomic E-state index is 5.97. The average Bonchev–Trinajstić information content (AvgIpc) is 2.74. The number of furan rings is 1. The lowest BCUT2D eigenvalue weighted by molar-refractivity contribution is 0.489. The molecule has 0 radical (unpaired) electrons. The molecule has 84 valence electrons. The Labute approximate surface area is 100 Å². The van der Waals surface area contributed by atoms with Gasteiger partial charge < -0.3 is 9.73 Å². The summed E-state index contributed by atoms with van der Waals surface area (Å²) in [5, 5.41) is 3.99. The van der Waals surface area contributed by atoms with E-state index in [0.717, 1.165) is 35.0 Å². The Kier molecular flexibility index (Phi) is 3.65. The smallest absolute Gasteiger partial charge is 0.125 e. The van der Waals surface area contributed by atoms with Crippen LogP contribution in [0.2, 0.25) is 5.02 Å². The van der Waals surface area contributed by atoms with Crippen LogP contribution in [0.4, 0.5) is 0 Å². The number of hydrogen-bond acceptors (Lipinski definition) is 2. The number of benzene rings is 1. The summed E-state index contributed by atoms with van der Waals surface area (Å²) in [5.41, 5.74) is 2.19. The molecule has 0 saturated heterocycles. The standard InChI is InChI=1S/C13H14ClNO/c1-2-15-9-13-12(6-7-16-13)10-4-3-5-11(14)8-10/h3-8,15H,2,9H2,1H3. The van der Waals surface area contributed by atoms with Crippen LogP contribution in [0.5, 0.6) is 0 Å². The molecule has 3 heteroatoms. The van der Waals surface area contributed by atoms with Gasteiger partial charge in [0.15, 0.2) is 0 Å². The van der Waals surface area contributed by atoms with E-state index in [2.05, 4.69) is 12.2 Å². The highest BCUT2D eigenvalue weighted by Gasteiger charge is 2.08. The molecule has 0 atom stereocenters. The van der Waals surface area contributed by atoms with Crippen molar-refractivity contribution < 1.29 is 4.42 Å². The van der Waals surface area contributed by atoms with Crippen LogP contribution in [0.15, 0.2) is 41.0 Å². The van der Waals surface area contributed by atoms with Crippen molar-refractivity contribution in [2.75, 3.05) is 6.54 Å². The zero-order valence-electron chi connectivity index (χ0n) is 9.16. The lowest BCUT2D eigenvalue weighted by Gasteiger charge is -2.03. The molecule has 0 aliphatic carbocycles. The monoisotopic (exact) mass is 235 g/mol. The minimum Gasteiger partial charge on any atom is -0.467 e. The largest absolute Gasteiger partial charge is 0.467 e. The number of rotatable bonds is 4. The van der Waals surface area contributed by atoms with E-state index in [4.69, 9.17) is 16.0 Å². The summed E-state index contributed by atoms with van der Waals surface area (Å²) in [6.45, 7) is 3.74. The third kappa shape index (κ3) is 2.46. The van der Waals surface area contributed by atoms with Crippen LogP contribution in [-0.2, 0) is 6.54 Å². The van der Waals surface area contributed by atoms with Crippen molar-refractivity contribution in [2.24, 2.45) is 0 Å². The summed E-state index contributed by atoms with van der Waals surface area (Å²) in [7, 11) is 0. The predicted molar refractivity (Wildman–Crippen MR) is 66.5 cm³/mol. The molecule has 0 bridgehead atoms. The maximum Gasteiger partial charge on any atom is 0.125 e. The molecule has 1 aromatic heterocycles. The Morgan fingerprint density at radius 2 is 2.19 bits per heavy atom. The van der Waals surface area contributed by atoms with Crippen molar-refractivity contribution >= 4 is 11.6 Å². The Bertz CT molecular complexity index is 464. The van der Waals surface area contributed by atoms with Crippen molar-refractivity contribution in [1.82, 2.24) is 5.32 Å². The Morgan fingerprint density at radius 3 is 2.94 bits per heavy atom. The quantitative estimate of drug-likeness (QED) is 0.874. The van der Waals surface area contributed by atoms with E-state index in [1.807, 2.05) is 30.3 Å². The number of hydrogen-bond donors (Lipinski definition) is 1. The SMILES string of the molecule is CCNCc1occc1-c1cccc(Cl)c1. The van der Waals surface area contributed by atoms with Gasteiger partial charge in [0.2, 0.25) is 0 Å². The van der Waals surface area contributed by atoms with Gasteiger partial charge in [0, 0.05) is 10.6 Å². The first-order chi connectivity index (χ1) is 7.81. The highest BCUT2D eigenvalue weighted by atomic mass is 35.5. The van der Waals surface area contributed by atoms with Gasteiger partial charge in [-0.1, -0.05) is 30.7 Å². The molecule has 2 aromatic rings. The lowest BCUT2D eigenvalue weighted by atomic mass is 10.1. The minimum absolute atomic E-state index is 0.741. The molecule has 16 heavy (non-hydrogen) atoms. The topological polar surface area (TPSA) is 25.2 Å². The van der Waals surface area contributed by atoms with Gasteiger partial charge in [0.05, 0.1) is 12.8 Å². The molecule has 1 aromatic carbocycles. The van der Waals surface area contributed by atoms with E-state index in [-0.39, 0.29) is 0 Å². The van der Waals surface area contributed by atoms with Gasteiger partial charge in [0.1, 0.15) is 5.76 Å². The Morgan fingerprint density at radius 1 is 1.31 bits per heavy atom. The van der Waals surface area contributed by atoms with Crippen LogP contribution >= 0.6 is 11.6 Å². The fourth-order valence-corrected chi connectivity index (χ4v) is 1.82. The van der Waals surface area contributed by atoms with Crippen LogP contribution in [0.1, 0.15) is 12.7 Å². The summed E-state index contributed by atoms with van der Waals surface area (Å²) in [5.74, 6) is 0.948. The van der Waals surface area contributed by atoms with Crippen LogP contribution in [0.3, 0.4) is 0 Å². The first kappa shape index (κ1) is 11.2. The molecule has 0 fully saturated rings. The van der Waals surface area contributed by atoms with Crippen molar-refractivity contribution in [3.63, 3.8) is 0 Å². The molecule has 0 spiro atoms. The molecular formula is C13H14ClNO. The normalized spacial score (nSPS) is 10.6. The zero-order chi connectivity index (χ0) is 11.4. The fraction of sp³-hybridized carbons (Fsp3) is 0.231. The van der Waals surface area contributed by atoms with Gasteiger partial charge in [-0.3, -0.25) is 0 Å². The maximum atomic E-state index is 5.97. The van der Waals surface area contributed by atoms with Gasteiger partial charge >= 0.3 is 0 Å². The average molecular weight is 236 g/mol. The van der Waals surface area contributed by atoms with E-state index >= 15 is 0 Å². The van der Waals surface area contributed by atoms with Gasteiger partial charge in [-0.2, -0.15) is 0 Å². The first-order valence-electron chi connectivity index (χ1n) is 5.34. The van der Waals surface area contributed by atoms with E-state index < -0.39 is 0 Å². The van der Waals surface area contributed by atoms with Crippen molar-refractivity contribution in [2.45, 2.75) is 13.5 Å². The summed E-state index contributed by atoms with van der Waals surface area (Å²) >= 11 is 5.97. The summed E-state index contributed by atoms with van der Waals surface area (Å²) in [6, 6.07) is 9.77. The Hall–Kier alpha value is -1.25. The summed E-state index contributed by atoms with van der Waals surface area (Å²) in [4.78, 5) is 0. The molecule has 0 aliphatic rings. The van der Waals surface area contributed by atoms with E-state index in [0.29, 0.717) is 0 Å². The first-order valence-corrected chi connectivity index (χ1v) is 5.72. The molecule has 1 heterocycles. The highest BCUT2D eigenvalue weighted by molar-refractivity contribution is 6.30. The van der Waals surface area contributed by atoms with E-state index in [1.54, 1.807) is 6.26 Å². The molecule has 0 saturated carbocycles. The lowest BCUT2D eigenvalue weighted by Crippen LogP contribution is -2.11. The van der Waals surface area contributed by atoms with Crippen LogP contribution in [-0.4, -0.2) is 6.54 Å². The second kappa shape index (κ2) is 5.19. The van der Waals surface area contributed by atoms with Crippen LogP contribution in [0, 0.1) is 0 Å².